The quantitative estimate of drug-likeness (QED) is 0.938. The highest BCUT2D eigenvalue weighted by Crippen LogP contribution is 2.29. The monoisotopic (exact) mass is 324 g/mol. The molecular formula is C13H17BrN4O. The van der Waals surface area contributed by atoms with Crippen LogP contribution >= 0.6 is 15.9 Å². The third kappa shape index (κ3) is 2.60. The summed E-state index contributed by atoms with van der Waals surface area (Å²) in [6.45, 7) is 0.959. The molecule has 5 nitrogen and oxygen atoms in total. The van der Waals surface area contributed by atoms with Crippen molar-refractivity contribution in [3.63, 3.8) is 0 Å². The molecule has 0 aromatic carbocycles. The van der Waals surface area contributed by atoms with Gasteiger partial charge in [-0.25, -0.2) is 0 Å². The maximum Gasteiger partial charge on any atom is 0.134 e. The van der Waals surface area contributed by atoms with E-state index < -0.39 is 6.10 Å². The third-order valence-corrected chi connectivity index (χ3v) is 4.36. The van der Waals surface area contributed by atoms with Crippen molar-refractivity contribution in [2.24, 2.45) is 13.0 Å². The number of hydrogen-bond acceptors (Lipinski definition) is 3. The van der Waals surface area contributed by atoms with Gasteiger partial charge in [-0.15, -0.1) is 0 Å². The smallest absolute Gasteiger partial charge is 0.134 e. The molecule has 1 saturated carbocycles. The zero-order valence-corrected chi connectivity index (χ0v) is 12.4. The van der Waals surface area contributed by atoms with E-state index in [2.05, 4.69) is 26.1 Å². The summed E-state index contributed by atoms with van der Waals surface area (Å²) >= 11 is 3.36. The first-order valence-electron chi connectivity index (χ1n) is 6.53. The lowest BCUT2D eigenvalue weighted by atomic mass is 9.85. The second-order valence-electron chi connectivity index (χ2n) is 5.24. The summed E-state index contributed by atoms with van der Waals surface area (Å²) in [5.74, 6) is 0.759. The molecule has 3 rings (SSSR count). The Bertz CT molecular complexity index is 573. The van der Waals surface area contributed by atoms with Crippen molar-refractivity contribution in [1.29, 1.82) is 0 Å². The molecule has 0 spiro atoms. The number of hydrogen-bond donors (Lipinski definition) is 1. The molecule has 0 radical (unpaired) electrons. The summed E-state index contributed by atoms with van der Waals surface area (Å²) < 4.78 is 4.29. The fourth-order valence-corrected chi connectivity index (χ4v) is 2.97. The molecule has 2 aromatic rings. The normalized spacial score (nSPS) is 17.4. The number of aliphatic hydroxyl groups excluding tert-OH is 1. The first kappa shape index (κ1) is 12.9. The van der Waals surface area contributed by atoms with Gasteiger partial charge in [0.05, 0.1) is 6.20 Å². The van der Waals surface area contributed by atoms with Crippen molar-refractivity contribution in [3.05, 3.63) is 34.3 Å². The molecule has 1 atom stereocenters. The Hall–Kier alpha value is -1.14. The Morgan fingerprint density at radius 1 is 1.47 bits per heavy atom. The first-order valence-corrected chi connectivity index (χ1v) is 7.32. The van der Waals surface area contributed by atoms with Crippen molar-refractivity contribution in [1.82, 2.24) is 19.6 Å². The molecular weight excluding hydrogens is 308 g/mol. The maximum atomic E-state index is 10.4. The minimum Gasteiger partial charge on any atom is -0.383 e. The van der Waals surface area contributed by atoms with Crippen LogP contribution in [0.25, 0.3) is 0 Å². The lowest BCUT2D eigenvalue weighted by Gasteiger charge is -2.24. The standard InChI is InChI=1S/C13H17BrN4O/c1-17-8-11(13(14)16-17)12(19)10-5-15-18(7-10)6-9-3-2-4-9/h5,7-9,12,19H,2-4,6H2,1H3. The van der Waals surface area contributed by atoms with Crippen molar-refractivity contribution < 1.29 is 5.11 Å². The van der Waals surface area contributed by atoms with Crippen LogP contribution in [0, 0.1) is 5.92 Å². The number of aryl methyl sites for hydroxylation is 1. The van der Waals surface area contributed by atoms with Crippen LogP contribution in [0.3, 0.4) is 0 Å². The van der Waals surface area contributed by atoms with Gasteiger partial charge in [0.2, 0.25) is 0 Å². The first-order chi connectivity index (χ1) is 9.13. The molecule has 1 fully saturated rings. The van der Waals surface area contributed by atoms with E-state index in [0.29, 0.717) is 4.60 Å². The Labute approximate surface area is 120 Å². The van der Waals surface area contributed by atoms with Crippen LogP contribution in [0.2, 0.25) is 0 Å². The zero-order valence-electron chi connectivity index (χ0n) is 10.8. The van der Waals surface area contributed by atoms with E-state index in [1.807, 2.05) is 24.1 Å². The Morgan fingerprint density at radius 2 is 2.26 bits per heavy atom. The minimum absolute atomic E-state index is 0.675. The SMILES string of the molecule is Cn1cc(C(O)c2cnn(CC3CCC3)c2)c(Br)n1. The van der Waals surface area contributed by atoms with Gasteiger partial charge in [0.15, 0.2) is 0 Å². The predicted octanol–water partition coefficient (Wildman–Crippen LogP) is 2.26. The highest BCUT2D eigenvalue weighted by Gasteiger charge is 2.21. The second-order valence-corrected chi connectivity index (χ2v) is 6.00. The van der Waals surface area contributed by atoms with Crippen LogP contribution in [0.1, 0.15) is 36.5 Å². The van der Waals surface area contributed by atoms with E-state index in [1.165, 1.54) is 19.3 Å². The Balaban J connectivity index is 1.75. The second kappa shape index (κ2) is 5.09. The number of nitrogens with zero attached hydrogens (tertiary/aromatic N) is 4. The number of aliphatic hydroxyl groups is 1. The van der Waals surface area contributed by atoms with Gasteiger partial charge >= 0.3 is 0 Å². The van der Waals surface area contributed by atoms with Gasteiger partial charge in [-0.05, 0) is 34.7 Å². The van der Waals surface area contributed by atoms with Crippen LogP contribution in [0.4, 0.5) is 0 Å². The highest BCUT2D eigenvalue weighted by atomic mass is 79.9. The van der Waals surface area contributed by atoms with Crippen molar-refractivity contribution in [2.75, 3.05) is 0 Å². The lowest BCUT2D eigenvalue weighted by molar-refractivity contribution is 0.219. The van der Waals surface area contributed by atoms with Crippen LogP contribution in [-0.2, 0) is 13.6 Å². The molecule has 1 unspecified atom stereocenters. The largest absolute Gasteiger partial charge is 0.383 e. The van der Waals surface area contributed by atoms with Crippen LogP contribution in [0.5, 0.6) is 0 Å². The Morgan fingerprint density at radius 3 is 2.84 bits per heavy atom. The maximum absolute atomic E-state index is 10.4. The lowest BCUT2D eigenvalue weighted by Crippen LogP contribution is -2.18. The van der Waals surface area contributed by atoms with Gasteiger partial charge in [0.25, 0.3) is 0 Å². The predicted molar refractivity (Wildman–Crippen MR) is 74.5 cm³/mol. The molecule has 2 aromatic heterocycles. The van der Waals surface area contributed by atoms with Gasteiger partial charge in [0.1, 0.15) is 10.7 Å². The van der Waals surface area contributed by atoms with Gasteiger partial charge in [-0.1, -0.05) is 6.42 Å². The summed E-state index contributed by atoms with van der Waals surface area (Å²) in [7, 11) is 1.83. The number of rotatable bonds is 4. The van der Waals surface area contributed by atoms with E-state index in [9.17, 15) is 5.11 Å². The van der Waals surface area contributed by atoms with E-state index in [1.54, 1.807) is 10.9 Å². The molecule has 1 aliphatic rings. The summed E-state index contributed by atoms with van der Waals surface area (Å²) in [6, 6.07) is 0. The number of halogens is 1. The van der Waals surface area contributed by atoms with Gasteiger partial charge in [-0.3, -0.25) is 9.36 Å². The zero-order chi connectivity index (χ0) is 13.4. The fraction of sp³-hybridized carbons (Fsp3) is 0.538. The molecule has 102 valence electrons. The van der Waals surface area contributed by atoms with Crippen molar-refractivity contribution >= 4 is 15.9 Å². The fourth-order valence-electron chi connectivity index (χ4n) is 2.40. The summed E-state index contributed by atoms with van der Waals surface area (Å²) in [5, 5.41) is 18.9. The van der Waals surface area contributed by atoms with E-state index >= 15 is 0 Å². The number of aromatic nitrogens is 4. The molecule has 0 amide bonds. The van der Waals surface area contributed by atoms with Crippen LogP contribution < -0.4 is 0 Å². The Kier molecular flexibility index (Phi) is 3.45. The third-order valence-electron chi connectivity index (χ3n) is 3.74. The molecule has 1 aliphatic carbocycles. The summed E-state index contributed by atoms with van der Waals surface area (Å²) in [5.41, 5.74) is 1.58. The molecule has 6 heteroatoms. The molecule has 19 heavy (non-hydrogen) atoms. The highest BCUT2D eigenvalue weighted by molar-refractivity contribution is 9.10. The summed E-state index contributed by atoms with van der Waals surface area (Å²) in [4.78, 5) is 0. The minimum atomic E-state index is -0.682. The molecule has 1 N–H and O–H groups in total. The van der Waals surface area contributed by atoms with Crippen molar-refractivity contribution in [2.45, 2.75) is 31.9 Å². The average molecular weight is 325 g/mol. The molecule has 2 heterocycles. The van der Waals surface area contributed by atoms with E-state index in [4.69, 9.17) is 0 Å². The molecule has 0 aliphatic heterocycles. The van der Waals surface area contributed by atoms with Crippen LogP contribution in [0.15, 0.2) is 23.2 Å². The molecule has 0 bridgehead atoms. The molecule has 0 saturated heterocycles. The van der Waals surface area contributed by atoms with Crippen LogP contribution in [-0.4, -0.2) is 24.7 Å². The van der Waals surface area contributed by atoms with Crippen molar-refractivity contribution in [3.8, 4) is 0 Å². The summed E-state index contributed by atoms with van der Waals surface area (Å²) in [6.07, 6.45) is 8.74. The van der Waals surface area contributed by atoms with Gasteiger partial charge < -0.3 is 5.11 Å². The van der Waals surface area contributed by atoms with E-state index in [0.717, 1.165) is 23.6 Å². The van der Waals surface area contributed by atoms with E-state index in [-0.39, 0.29) is 0 Å². The van der Waals surface area contributed by atoms with Gasteiger partial charge in [-0.2, -0.15) is 10.2 Å². The van der Waals surface area contributed by atoms with Gasteiger partial charge in [0, 0.05) is 37.1 Å². The topological polar surface area (TPSA) is 55.9 Å². The average Bonchev–Trinajstić information content (AvgIpc) is 2.90.